The standard InChI is InChI=1S/C33H33NO3/c1-21-30(33(36)37-25-15-6-3-7-16-25)31(27-18-10-14-23-13-8-9-17-26(23)27)32-28(34-21)19-24(20-29(32)35)22-11-4-2-5-12-22/h2,4-5,8-14,17-18,24-25,31,34H,3,6-7,15-16,19-20H2,1H3/t24-,31+/m1/s1. The highest BCUT2D eigenvalue weighted by atomic mass is 16.5. The number of ether oxygens (including phenoxy) is 1. The Hall–Kier alpha value is -3.66. The second kappa shape index (κ2) is 10.0. The summed E-state index contributed by atoms with van der Waals surface area (Å²) < 4.78 is 6.10. The summed E-state index contributed by atoms with van der Waals surface area (Å²) in [6.07, 6.45) is 6.35. The van der Waals surface area contributed by atoms with Crippen LogP contribution in [0, 0.1) is 0 Å². The third kappa shape index (κ3) is 4.50. The third-order valence-electron chi connectivity index (χ3n) is 8.28. The van der Waals surface area contributed by atoms with Crippen molar-refractivity contribution >= 4 is 22.5 Å². The summed E-state index contributed by atoms with van der Waals surface area (Å²) in [5, 5.41) is 5.67. The Bertz CT molecular complexity index is 1410. The van der Waals surface area contributed by atoms with E-state index >= 15 is 0 Å². The zero-order valence-electron chi connectivity index (χ0n) is 21.3. The minimum absolute atomic E-state index is 0.0467. The Kier molecular flexibility index (Phi) is 6.42. The van der Waals surface area contributed by atoms with Crippen LogP contribution in [-0.2, 0) is 14.3 Å². The number of esters is 1. The first-order valence-electron chi connectivity index (χ1n) is 13.6. The summed E-state index contributed by atoms with van der Waals surface area (Å²) in [5.41, 5.74) is 5.20. The number of dihydropyridines is 1. The number of hydrogen-bond donors (Lipinski definition) is 1. The molecule has 0 bridgehead atoms. The molecule has 3 aromatic rings. The first-order valence-corrected chi connectivity index (χ1v) is 13.6. The molecule has 0 amide bonds. The van der Waals surface area contributed by atoms with Crippen LogP contribution >= 0.6 is 0 Å². The number of Topliss-reactive ketones (excluding diaryl/α,β-unsaturated/α-hetero) is 1. The Morgan fingerprint density at radius 2 is 1.59 bits per heavy atom. The molecule has 4 heteroatoms. The number of fused-ring (bicyclic) bond motifs is 1. The molecule has 1 heterocycles. The van der Waals surface area contributed by atoms with E-state index in [1.54, 1.807) is 0 Å². The van der Waals surface area contributed by atoms with Gasteiger partial charge in [-0.05, 0) is 66.8 Å². The molecule has 188 valence electrons. The molecule has 1 aliphatic heterocycles. The quantitative estimate of drug-likeness (QED) is 0.396. The number of allylic oxidation sites excluding steroid dienone is 3. The molecule has 0 spiro atoms. The van der Waals surface area contributed by atoms with Crippen molar-refractivity contribution in [1.29, 1.82) is 0 Å². The van der Waals surface area contributed by atoms with Gasteiger partial charge in [0.15, 0.2) is 5.78 Å². The first-order chi connectivity index (χ1) is 18.1. The van der Waals surface area contributed by atoms with Crippen LogP contribution in [0.4, 0.5) is 0 Å². The molecule has 0 aromatic heterocycles. The number of nitrogens with one attached hydrogen (secondary N) is 1. The zero-order valence-corrected chi connectivity index (χ0v) is 21.3. The molecule has 0 radical (unpaired) electrons. The number of carbonyl (C=O) groups is 2. The fourth-order valence-corrected chi connectivity index (χ4v) is 6.48. The van der Waals surface area contributed by atoms with Gasteiger partial charge in [-0.3, -0.25) is 4.79 Å². The molecular formula is C33H33NO3. The van der Waals surface area contributed by atoms with E-state index in [1.165, 1.54) is 12.0 Å². The zero-order chi connectivity index (χ0) is 25.4. The predicted molar refractivity (Wildman–Crippen MR) is 146 cm³/mol. The summed E-state index contributed by atoms with van der Waals surface area (Å²) in [5.74, 6) is -0.505. The molecule has 0 unspecified atom stereocenters. The van der Waals surface area contributed by atoms with E-state index in [4.69, 9.17) is 4.74 Å². The van der Waals surface area contributed by atoms with Crippen LogP contribution in [0.2, 0.25) is 0 Å². The Balaban J connectivity index is 1.45. The number of hydrogen-bond acceptors (Lipinski definition) is 4. The average Bonchev–Trinajstić information content (AvgIpc) is 2.93. The van der Waals surface area contributed by atoms with Gasteiger partial charge in [0.1, 0.15) is 6.10 Å². The van der Waals surface area contributed by atoms with E-state index < -0.39 is 5.92 Å². The summed E-state index contributed by atoms with van der Waals surface area (Å²) in [6.45, 7) is 1.95. The predicted octanol–water partition coefficient (Wildman–Crippen LogP) is 7.08. The molecule has 37 heavy (non-hydrogen) atoms. The summed E-state index contributed by atoms with van der Waals surface area (Å²) >= 11 is 0. The van der Waals surface area contributed by atoms with E-state index in [2.05, 4.69) is 41.7 Å². The maximum absolute atomic E-state index is 13.9. The van der Waals surface area contributed by atoms with Crippen LogP contribution in [0.5, 0.6) is 0 Å². The van der Waals surface area contributed by atoms with Gasteiger partial charge in [-0.15, -0.1) is 0 Å². The van der Waals surface area contributed by atoms with Crippen molar-refractivity contribution in [3.63, 3.8) is 0 Å². The lowest BCUT2D eigenvalue weighted by molar-refractivity contribution is -0.146. The third-order valence-corrected chi connectivity index (χ3v) is 8.28. The lowest BCUT2D eigenvalue weighted by Gasteiger charge is -2.37. The second-order valence-electron chi connectivity index (χ2n) is 10.7. The van der Waals surface area contributed by atoms with Gasteiger partial charge in [0.25, 0.3) is 0 Å². The minimum Gasteiger partial charge on any atom is -0.459 e. The van der Waals surface area contributed by atoms with E-state index in [0.717, 1.165) is 65.4 Å². The number of carbonyl (C=O) groups excluding carboxylic acids is 2. The van der Waals surface area contributed by atoms with Gasteiger partial charge >= 0.3 is 5.97 Å². The molecule has 1 saturated carbocycles. The number of rotatable bonds is 4. The molecule has 1 N–H and O–H groups in total. The second-order valence-corrected chi connectivity index (χ2v) is 10.7. The molecule has 4 nitrogen and oxygen atoms in total. The van der Waals surface area contributed by atoms with Gasteiger partial charge in [0.05, 0.1) is 5.57 Å². The van der Waals surface area contributed by atoms with Crippen LogP contribution in [0.25, 0.3) is 10.8 Å². The largest absolute Gasteiger partial charge is 0.459 e. The highest BCUT2D eigenvalue weighted by Gasteiger charge is 2.42. The maximum atomic E-state index is 13.9. The topological polar surface area (TPSA) is 55.4 Å². The van der Waals surface area contributed by atoms with Gasteiger partial charge in [-0.1, -0.05) is 79.2 Å². The maximum Gasteiger partial charge on any atom is 0.337 e. The molecule has 3 aromatic carbocycles. The van der Waals surface area contributed by atoms with Crippen LogP contribution < -0.4 is 5.32 Å². The van der Waals surface area contributed by atoms with Gasteiger partial charge in [-0.25, -0.2) is 4.79 Å². The first kappa shape index (κ1) is 23.7. The lowest BCUT2D eigenvalue weighted by atomic mass is 9.71. The monoisotopic (exact) mass is 491 g/mol. The number of ketones is 1. The van der Waals surface area contributed by atoms with E-state index in [1.807, 2.05) is 43.3 Å². The highest BCUT2D eigenvalue weighted by molar-refractivity contribution is 6.05. The smallest absolute Gasteiger partial charge is 0.337 e. The summed E-state index contributed by atoms with van der Waals surface area (Å²) in [7, 11) is 0. The highest BCUT2D eigenvalue weighted by Crippen LogP contribution is 2.47. The van der Waals surface area contributed by atoms with Crippen molar-refractivity contribution in [2.24, 2.45) is 0 Å². The van der Waals surface area contributed by atoms with Gasteiger partial charge < -0.3 is 10.1 Å². The lowest BCUT2D eigenvalue weighted by Crippen LogP contribution is -2.37. The molecule has 6 rings (SSSR count). The van der Waals surface area contributed by atoms with Gasteiger partial charge in [0, 0.05) is 29.3 Å². The molecule has 2 aliphatic carbocycles. The molecular weight excluding hydrogens is 458 g/mol. The fraction of sp³-hybridized carbons (Fsp3) is 0.333. The Labute approximate surface area is 218 Å². The van der Waals surface area contributed by atoms with E-state index in [9.17, 15) is 9.59 Å². The van der Waals surface area contributed by atoms with Crippen molar-refractivity contribution in [2.45, 2.75) is 69.8 Å². The van der Waals surface area contributed by atoms with Gasteiger partial charge in [-0.2, -0.15) is 0 Å². The van der Waals surface area contributed by atoms with Crippen molar-refractivity contribution < 1.29 is 14.3 Å². The summed E-state index contributed by atoms with van der Waals surface area (Å²) in [6, 6.07) is 24.7. The van der Waals surface area contributed by atoms with Crippen molar-refractivity contribution in [3.05, 3.63) is 106 Å². The molecule has 2 atom stereocenters. The molecule has 3 aliphatic rings. The minimum atomic E-state index is -0.442. The Morgan fingerprint density at radius 3 is 2.41 bits per heavy atom. The average molecular weight is 492 g/mol. The van der Waals surface area contributed by atoms with E-state index in [0.29, 0.717) is 12.0 Å². The molecule has 0 saturated heterocycles. The van der Waals surface area contributed by atoms with Gasteiger partial charge in [0.2, 0.25) is 0 Å². The number of benzene rings is 3. The van der Waals surface area contributed by atoms with E-state index in [-0.39, 0.29) is 23.8 Å². The van der Waals surface area contributed by atoms with Crippen LogP contribution in [0.3, 0.4) is 0 Å². The fourth-order valence-electron chi connectivity index (χ4n) is 6.48. The van der Waals surface area contributed by atoms with Crippen molar-refractivity contribution in [3.8, 4) is 0 Å². The van der Waals surface area contributed by atoms with Crippen LogP contribution in [0.15, 0.2) is 95.3 Å². The van der Waals surface area contributed by atoms with Crippen molar-refractivity contribution in [2.75, 3.05) is 0 Å². The Morgan fingerprint density at radius 1 is 0.865 bits per heavy atom. The van der Waals surface area contributed by atoms with Crippen LogP contribution in [0.1, 0.15) is 74.8 Å². The van der Waals surface area contributed by atoms with Crippen molar-refractivity contribution in [1.82, 2.24) is 5.32 Å². The summed E-state index contributed by atoms with van der Waals surface area (Å²) in [4.78, 5) is 27.7. The SMILES string of the molecule is CC1=C(C(=O)OC2CCCCC2)[C@H](c2cccc3ccccc23)C2=C(C[C@@H](c3ccccc3)CC2=O)N1. The van der Waals surface area contributed by atoms with Crippen LogP contribution in [-0.4, -0.2) is 17.9 Å². The molecule has 1 fully saturated rings. The normalized spacial score (nSPS) is 22.6.